The first-order valence-electron chi connectivity index (χ1n) is 9.47. The number of hydrogen-bond acceptors (Lipinski definition) is 5. The van der Waals surface area contributed by atoms with Crippen LogP contribution in [0.25, 0.3) is 0 Å². The Balaban J connectivity index is 1.80. The van der Waals surface area contributed by atoms with Gasteiger partial charge in [0.05, 0.1) is 12.8 Å². The highest BCUT2D eigenvalue weighted by molar-refractivity contribution is 6.07. The summed E-state index contributed by atoms with van der Waals surface area (Å²) in [4.78, 5) is 24.7. The molecule has 1 aliphatic carbocycles. The second kappa shape index (κ2) is 8.73. The Morgan fingerprint density at radius 1 is 1.18 bits per heavy atom. The van der Waals surface area contributed by atoms with Crippen LogP contribution in [0.3, 0.4) is 0 Å². The maximum atomic E-state index is 12.4. The van der Waals surface area contributed by atoms with Gasteiger partial charge in [0.15, 0.2) is 5.76 Å². The van der Waals surface area contributed by atoms with Crippen LogP contribution in [0.1, 0.15) is 64.0 Å². The molecule has 2 amide bonds. The van der Waals surface area contributed by atoms with Crippen LogP contribution in [0.5, 0.6) is 5.75 Å². The van der Waals surface area contributed by atoms with Gasteiger partial charge in [0.1, 0.15) is 11.5 Å². The summed E-state index contributed by atoms with van der Waals surface area (Å²) in [5.74, 6) is 1.25. The molecule has 0 saturated heterocycles. The normalized spacial score (nSPS) is 14.5. The van der Waals surface area contributed by atoms with Crippen LogP contribution in [-0.4, -0.2) is 31.2 Å². The third-order valence-electron chi connectivity index (χ3n) is 4.71. The average Bonchev–Trinajstić information content (AvgIpc) is 3.07. The lowest BCUT2D eigenvalue weighted by Gasteiger charge is -2.13. The molecule has 2 aromatic rings. The monoisotopic (exact) mass is 383 g/mol. The number of carbonyl (C=O) groups excluding carboxylic acids is 2. The molecule has 3 rings (SSSR count). The quantitative estimate of drug-likeness (QED) is 0.749. The number of ether oxygens (including phenoxy) is 1. The molecule has 0 bridgehead atoms. The molecule has 1 aliphatic rings. The molecule has 0 radical (unpaired) electrons. The summed E-state index contributed by atoms with van der Waals surface area (Å²) in [5.41, 5.74) is 5.44. The van der Waals surface area contributed by atoms with Crippen molar-refractivity contribution in [3.05, 3.63) is 52.5 Å². The molecular weight excluding hydrogens is 358 g/mol. The third-order valence-corrected chi connectivity index (χ3v) is 4.71. The van der Waals surface area contributed by atoms with Crippen LogP contribution < -0.4 is 15.5 Å². The molecular formula is C21H25N3O4. The predicted molar refractivity (Wildman–Crippen MR) is 106 cm³/mol. The van der Waals surface area contributed by atoms with E-state index >= 15 is 0 Å². The molecule has 2 N–H and O–H groups in total. The van der Waals surface area contributed by atoms with Crippen LogP contribution in [-0.2, 0) is 6.42 Å². The van der Waals surface area contributed by atoms with E-state index < -0.39 is 0 Å². The zero-order valence-electron chi connectivity index (χ0n) is 16.4. The number of rotatable bonds is 6. The molecule has 148 valence electrons. The van der Waals surface area contributed by atoms with Gasteiger partial charge in [-0.25, -0.2) is 5.43 Å². The summed E-state index contributed by atoms with van der Waals surface area (Å²) in [6.45, 7) is 4.45. The number of benzene rings is 1. The van der Waals surface area contributed by atoms with Crippen molar-refractivity contribution in [2.75, 3.05) is 13.7 Å². The van der Waals surface area contributed by atoms with Gasteiger partial charge in [0, 0.05) is 29.7 Å². The first kappa shape index (κ1) is 19.7. The first-order valence-corrected chi connectivity index (χ1v) is 9.47. The number of carbonyl (C=O) groups is 2. The van der Waals surface area contributed by atoms with Crippen molar-refractivity contribution >= 4 is 17.5 Å². The third kappa shape index (κ3) is 4.08. The van der Waals surface area contributed by atoms with Gasteiger partial charge in [-0.3, -0.25) is 9.59 Å². The number of amides is 2. The number of hydrazone groups is 1. The molecule has 0 saturated carbocycles. The standard InChI is InChI=1S/C21H25N3O4/c1-4-12-22-21(26)19-13(2)18-16(6-5-7-17(18)28-19)23-24-20(25)14-8-10-15(27-3)11-9-14/h8-11H,4-7,12H2,1-3H3,(H,22,26)(H,24,25)/b23-16+. The van der Waals surface area contributed by atoms with Crippen LogP contribution in [0.2, 0.25) is 0 Å². The molecule has 0 aliphatic heterocycles. The Hall–Kier alpha value is -3.09. The summed E-state index contributed by atoms with van der Waals surface area (Å²) in [6, 6.07) is 6.81. The highest BCUT2D eigenvalue weighted by atomic mass is 16.5. The van der Waals surface area contributed by atoms with Crippen LogP contribution in [0, 0.1) is 6.92 Å². The van der Waals surface area contributed by atoms with Crippen molar-refractivity contribution in [1.82, 2.24) is 10.7 Å². The van der Waals surface area contributed by atoms with Gasteiger partial charge in [0.2, 0.25) is 0 Å². The van der Waals surface area contributed by atoms with E-state index in [1.165, 1.54) is 0 Å². The minimum Gasteiger partial charge on any atom is -0.497 e. The van der Waals surface area contributed by atoms with E-state index in [0.29, 0.717) is 30.0 Å². The fraction of sp³-hybridized carbons (Fsp3) is 0.381. The van der Waals surface area contributed by atoms with Gasteiger partial charge in [-0.15, -0.1) is 0 Å². The van der Waals surface area contributed by atoms with Gasteiger partial charge >= 0.3 is 0 Å². The summed E-state index contributed by atoms with van der Waals surface area (Å²) in [6.07, 6.45) is 3.18. The van der Waals surface area contributed by atoms with E-state index in [2.05, 4.69) is 15.8 Å². The SMILES string of the molecule is CCCNC(=O)c1oc2c(c1C)/C(=N/NC(=O)c1ccc(OC)cc1)CCC2. The summed E-state index contributed by atoms with van der Waals surface area (Å²) in [7, 11) is 1.58. The van der Waals surface area contributed by atoms with Crippen molar-refractivity contribution in [3.63, 3.8) is 0 Å². The van der Waals surface area contributed by atoms with Crippen molar-refractivity contribution in [2.24, 2.45) is 5.10 Å². The number of hydrogen-bond donors (Lipinski definition) is 2. The molecule has 0 spiro atoms. The highest BCUT2D eigenvalue weighted by Crippen LogP contribution is 2.29. The second-order valence-corrected chi connectivity index (χ2v) is 6.69. The van der Waals surface area contributed by atoms with E-state index in [1.54, 1.807) is 31.4 Å². The Bertz CT molecular complexity index is 897. The van der Waals surface area contributed by atoms with E-state index in [4.69, 9.17) is 9.15 Å². The Morgan fingerprint density at radius 3 is 2.61 bits per heavy atom. The van der Waals surface area contributed by atoms with Crippen LogP contribution in [0.15, 0.2) is 33.8 Å². The fourth-order valence-corrected chi connectivity index (χ4v) is 3.24. The Morgan fingerprint density at radius 2 is 1.93 bits per heavy atom. The number of aryl methyl sites for hydroxylation is 1. The molecule has 0 fully saturated rings. The summed E-state index contributed by atoms with van der Waals surface area (Å²) < 4.78 is 10.9. The smallest absolute Gasteiger partial charge is 0.287 e. The second-order valence-electron chi connectivity index (χ2n) is 6.69. The zero-order chi connectivity index (χ0) is 20.1. The van der Waals surface area contributed by atoms with Gasteiger partial charge in [-0.05, 0) is 50.5 Å². The molecule has 1 heterocycles. The summed E-state index contributed by atoms with van der Waals surface area (Å²) in [5, 5.41) is 7.18. The maximum absolute atomic E-state index is 12.4. The minimum atomic E-state index is -0.302. The van der Waals surface area contributed by atoms with E-state index in [1.807, 2.05) is 13.8 Å². The Labute approximate surface area is 164 Å². The van der Waals surface area contributed by atoms with Gasteiger partial charge in [-0.1, -0.05) is 6.92 Å². The Kier molecular flexibility index (Phi) is 6.13. The van der Waals surface area contributed by atoms with Crippen molar-refractivity contribution in [1.29, 1.82) is 0 Å². The van der Waals surface area contributed by atoms with Crippen LogP contribution >= 0.6 is 0 Å². The molecule has 1 aromatic heterocycles. The lowest BCUT2D eigenvalue weighted by Crippen LogP contribution is -2.24. The summed E-state index contributed by atoms with van der Waals surface area (Å²) >= 11 is 0. The minimum absolute atomic E-state index is 0.213. The number of nitrogens with one attached hydrogen (secondary N) is 2. The number of furan rings is 1. The predicted octanol–water partition coefficient (Wildman–Crippen LogP) is 3.21. The highest BCUT2D eigenvalue weighted by Gasteiger charge is 2.27. The number of fused-ring (bicyclic) bond motifs is 1. The van der Waals surface area contributed by atoms with Gasteiger partial charge in [0.25, 0.3) is 11.8 Å². The maximum Gasteiger partial charge on any atom is 0.287 e. The first-order chi connectivity index (χ1) is 13.5. The van der Waals surface area contributed by atoms with Crippen molar-refractivity contribution in [2.45, 2.75) is 39.5 Å². The lowest BCUT2D eigenvalue weighted by atomic mass is 9.93. The van der Waals surface area contributed by atoms with Gasteiger partial charge < -0.3 is 14.5 Å². The fourth-order valence-electron chi connectivity index (χ4n) is 3.24. The van der Waals surface area contributed by atoms with E-state index in [-0.39, 0.29) is 11.8 Å². The number of methoxy groups -OCH3 is 1. The molecule has 1 aromatic carbocycles. The van der Waals surface area contributed by atoms with Gasteiger partial charge in [-0.2, -0.15) is 5.10 Å². The molecule has 7 heteroatoms. The topological polar surface area (TPSA) is 92.9 Å². The largest absolute Gasteiger partial charge is 0.497 e. The lowest BCUT2D eigenvalue weighted by molar-refractivity contribution is 0.0921. The van der Waals surface area contributed by atoms with E-state index in [9.17, 15) is 9.59 Å². The van der Waals surface area contributed by atoms with Crippen LogP contribution in [0.4, 0.5) is 0 Å². The average molecular weight is 383 g/mol. The molecule has 28 heavy (non-hydrogen) atoms. The molecule has 0 unspecified atom stereocenters. The number of nitrogens with zero attached hydrogens (tertiary/aromatic N) is 1. The van der Waals surface area contributed by atoms with E-state index in [0.717, 1.165) is 41.9 Å². The van der Waals surface area contributed by atoms with Crippen molar-refractivity contribution in [3.8, 4) is 5.75 Å². The zero-order valence-corrected chi connectivity index (χ0v) is 16.4. The molecule has 0 atom stereocenters. The molecule has 7 nitrogen and oxygen atoms in total. The van der Waals surface area contributed by atoms with Crippen molar-refractivity contribution < 1.29 is 18.7 Å².